The minimum atomic E-state index is -0.556. The van der Waals surface area contributed by atoms with Crippen molar-refractivity contribution in [2.75, 3.05) is 26.2 Å². The van der Waals surface area contributed by atoms with Gasteiger partial charge in [0.2, 0.25) is 5.91 Å². The maximum Gasteiger partial charge on any atom is 0.320 e. The van der Waals surface area contributed by atoms with Gasteiger partial charge >= 0.3 is 6.03 Å². The van der Waals surface area contributed by atoms with Crippen LogP contribution in [-0.4, -0.2) is 70.9 Å². The molecule has 7 heteroatoms. The van der Waals surface area contributed by atoms with Crippen LogP contribution in [0.3, 0.4) is 0 Å². The second-order valence-corrected chi connectivity index (χ2v) is 9.58. The van der Waals surface area contributed by atoms with Gasteiger partial charge < -0.3 is 20.4 Å². The quantitative estimate of drug-likeness (QED) is 0.656. The van der Waals surface area contributed by atoms with Crippen LogP contribution >= 0.6 is 11.6 Å². The summed E-state index contributed by atoms with van der Waals surface area (Å²) >= 11 is 5.95. The maximum absolute atomic E-state index is 13.4. The number of hydrogen-bond donors (Lipinski definition) is 1. The summed E-state index contributed by atoms with van der Waals surface area (Å²) in [5, 5.41) is 0.678. The maximum atomic E-state index is 13.4. The van der Waals surface area contributed by atoms with E-state index < -0.39 is 6.04 Å². The van der Waals surface area contributed by atoms with Crippen molar-refractivity contribution in [1.29, 1.82) is 0 Å². The molecule has 1 aromatic carbocycles. The Morgan fingerprint density at radius 3 is 2.12 bits per heavy atom. The number of nitrogens with two attached hydrogens (primary N) is 1. The molecule has 3 amide bonds. The molecule has 178 valence electrons. The third kappa shape index (κ3) is 6.16. The predicted octanol–water partition coefficient (Wildman–Crippen LogP) is 4.30. The molecule has 0 bridgehead atoms. The van der Waals surface area contributed by atoms with Crippen LogP contribution in [0, 0.1) is 0 Å². The van der Waals surface area contributed by atoms with Crippen LogP contribution in [0.15, 0.2) is 24.3 Å². The Bertz CT molecular complexity index is 739. The number of carbonyl (C=O) groups is 2. The van der Waals surface area contributed by atoms with E-state index in [1.807, 2.05) is 47.9 Å². The number of benzene rings is 1. The van der Waals surface area contributed by atoms with E-state index in [1.165, 1.54) is 19.3 Å². The summed E-state index contributed by atoms with van der Waals surface area (Å²) < 4.78 is 0. The molecule has 1 heterocycles. The van der Waals surface area contributed by atoms with E-state index in [-0.39, 0.29) is 18.0 Å². The van der Waals surface area contributed by atoms with Crippen molar-refractivity contribution in [3.8, 4) is 0 Å². The Balaban J connectivity index is 1.61. The molecule has 2 aliphatic rings. The number of urea groups is 1. The fourth-order valence-corrected chi connectivity index (χ4v) is 5.31. The smallest absolute Gasteiger partial charge is 0.320 e. The van der Waals surface area contributed by atoms with E-state index in [2.05, 4.69) is 4.90 Å². The molecule has 0 spiro atoms. The molecule has 0 radical (unpaired) electrons. The number of piperidine rings is 1. The summed E-state index contributed by atoms with van der Waals surface area (Å²) in [6.07, 6.45) is 8.00. The minimum absolute atomic E-state index is 0.00214. The number of carbonyl (C=O) groups excluding carboxylic acids is 2. The van der Waals surface area contributed by atoms with Crippen LogP contribution in [-0.2, 0) is 11.2 Å². The van der Waals surface area contributed by atoms with E-state index in [0.29, 0.717) is 30.6 Å². The standard InChI is InChI=1S/C25H39ClN4O2/c1-3-28(4-2)25(32)30(21-8-6-5-7-9-21)22-14-16-29(17-15-22)24(31)23(27)18-19-10-12-20(26)13-11-19/h10-13,21-23H,3-9,14-18,27H2,1-2H3/t23-/m0/s1. The van der Waals surface area contributed by atoms with Gasteiger partial charge in [0.1, 0.15) is 0 Å². The summed E-state index contributed by atoms with van der Waals surface area (Å²) in [5.74, 6) is -0.00214. The van der Waals surface area contributed by atoms with Crippen LogP contribution in [0.4, 0.5) is 4.79 Å². The molecular weight excluding hydrogens is 424 g/mol. The average molecular weight is 463 g/mol. The fraction of sp³-hybridized carbons (Fsp3) is 0.680. The van der Waals surface area contributed by atoms with E-state index >= 15 is 0 Å². The van der Waals surface area contributed by atoms with Crippen molar-refractivity contribution in [2.45, 2.75) is 83.3 Å². The average Bonchev–Trinajstić information content (AvgIpc) is 2.82. The first-order valence-corrected chi connectivity index (χ1v) is 12.7. The van der Waals surface area contributed by atoms with Gasteiger partial charge in [0.15, 0.2) is 0 Å². The molecule has 1 aliphatic heterocycles. The highest BCUT2D eigenvalue weighted by atomic mass is 35.5. The molecule has 1 saturated carbocycles. The van der Waals surface area contributed by atoms with Gasteiger partial charge in [-0.1, -0.05) is 43.0 Å². The summed E-state index contributed by atoms with van der Waals surface area (Å²) in [6, 6.07) is 7.63. The normalized spacial score (nSPS) is 18.9. The topological polar surface area (TPSA) is 69.9 Å². The molecule has 0 unspecified atom stereocenters. The monoisotopic (exact) mass is 462 g/mol. The van der Waals surface area contributed by atoms with E-state index in [4.69, 9.17) is 17.3 Å². The van der Waals surface area contributed by atoms with E-state index in [0.717, 1.165) is 44.3 Å². The van der Waals surface area contributed by atoms with Crippen molar-refractivity contribution in [3.63, 3.8) is 0 Å². The van der Waals surface area contributed by atoms with Crippen LogP contribution in [0.25, 0.3) is 0 Å². The largest absolute Gasteiger partial charge is 0.341 e. The molecular formula is C25H39ClN4O2. The third-order valence-electron chi connectivity index (χ3n) is 7.08. The number of hydrogen-bond acceptors (Lipinski definition) is 3. The van der Waals surface area contributed by atoms with Gasteiger partial charge in [-0.3, -0.25) is 4.79 Å². The summed E-state index contributed by atoms with van der Waals surface area (Å²) in [7, 11) is 0. The van der Waals surface area contributed by atoms with Gasteiger partial charge in [-0.05, 0) is 63.6 Å². The number of rotatable bonds is 7. The third-order valence-corrected chi connectivity index (χ3v) is 7.33. The second-order valence-electron chi connectivity index (χ2n) is 9.15. The Morgan fingerprint density at radius 1 is 1.00 bits per heavy atom. The lowest BCUT2D eigenvalue weighted by molar-refractivity contribution is -0.134. The molecule has 1 aliphatic carbocycles. The lowest BCUT2D eigenvalue weighted by atomic mass is 9.91. The van der Waals surface area contributed by atoms with Crippen molar-refractivity contribution in [3.05, 3.63) is 34.9 Å². The SMILES string of the molecule is CCN(CC)C(=O)N(C1CCCCC1)C1CCN(C(=O)[C@@H](N)Cc2ccc(Cl)cc2)CC1. The van der Waals surface area contributed by atoms with Crippen LogP contribution in [0.1, 0.15) is 64.4 Å². The van der Waals surface area contributed by atoms with Gasteiger partial charge in [-0.15, -0.1) is 0 Å². The first kappa shape index (κ1) is 24.8. The lowest BCUT2D eigenvalue weighted by Crippen LogP contribution is -2.57. The van der Waals surface area contributed by atoms with Crippen LogP contribution < -0.4 is 5.73 Å². The Labute approximate surface area is 198 Å². The van der Waals surface area contributed by atoms with Gasteiger partial charge in [0, 0.05) is 43.3 Å². The summed E-state index contributed by atoms with van der Waals surface area (Å²) in [4.78, 5) is 32.4. The van der Waals surface area contributed by atoms with Crippen LogP contribution in [0.5, 0.6) is 0 Å². The Kier molecular flexibility index (Phi) is 9.23. The van der Waals surface area contributed by atoms with Gasteiger partial charge in [-0.25, -0.2) is 4.79 Å². The number of likely N-dealkylation sites (tertiary alicyclic amines) is 1. The molecule has 2 fully saturated rings. The zero-order valence-electron chi connectivity index (χ0n) is 19.6. The highest BCUT2D eigenvalue weighted by molar-refractivity contribution is 6.30. The first-order chi connectivity index (χ1) is 15.4. The van der Waals surface area contributed by atoms with Crippen molar-refractivity contribution in [1.82, 2.24) is 14.7 Å². The lowest BCUT2D eigenvalue weighted by Gasteiger charge is -2.45. The Morgan fingerprint density at radius 2 is 1.56 bits per heavy atom. The van der Waals surface area contributed by atoms with Gasteiger partial charge in [-0.2, -0.15) is 0 Å². The second kappa shape index (κ2) is 11.9. The van der Waals surface area contributed by atoms with Crippen molar-refractivity contribution >= 4 is 23.5 Å². The van der Waals surface area contributed by atoms with E-state index in [9.17, 15) is 9.59 Å². The molecule has 1 atom stereocenters. The molecule has 1 aromatic rings. The summed E-state index contributed by atoms with van der Waals surface area (Å²) in [6.45, 7) is 6.87. The molecule has 3 rings (SSSR count). The number of nitrogens with zero attached hydrogens (tertiary/aromatic N) is 3. The van der Waals surface area contributed by atoms with E-state index in [1.54, 1.807) is 0 Å². The van der Waals surface area contributed by atoms with Crippen molar-refractivity contribution in [2.24, 2.45) is 5.73 Å². The zero-order valence-corrected chi connectivity index (χ0v) is 20.4. The van der Waals surface area contributed by atoms with Crippen molar-refractivity contribution < 1.29 is 9.59 Å². The summed E-state index contributed by atoms with van der Waals surface area (Å²) in [5.41, 5.74) is 7.27. The minimum Gasteiger partial charge on any atom is -0.341 e. The molecule has 2 N–H and O–H groups in total. The number of halogens is 1. The molecule has 1 saturated heterocycles. The Hall–Kier alpha value is -1.79. The highest BCUT2D eigenvalue weighted by Crippen LogP contribution is 2.29. The van der Waals surface area contributed by atoms with Gasteiger partial charge in [0.25, 0.3) is 0 Å². The molecule has 6 nitrogen and oxygen atoms in total. The fourth-order valence-electron chi connectivity index (χ4n) is 5.19. The molecule has 0 aromatic heterocycles. The predicted molar refractivity (Wildman–Crippen MR) is 130 cm³/mol. The number of amides is 3. The highest BCUT2D eigenvalue weighted by Gasteiger charge is 2.36. The van der Waals surface area contributed by atoms with Crippen LogP contribution in [0.2, 0.25) is 5.02 Å². The molecule has 32 heavy (non-hydrogen) atoms. The van der Waals surface area contributed by atoms with Gasteiger partial charge in [0.05, 0.1) is 6.04 Å². The first-order valence-electron chi connectivity index (χ1n) is 12.3. The zero-order chi connectivity index (χ0) is 23.1.